The van der Waals surface area contributed by atoms with E-state index in [1.807, 2.05) is 13.8 Å². The van der Waals surface area contributed by atoms with Gasteiger partial charge in [0, 0.05) is 17.9 Å². The van der Waals surface area contributed by atoms with Crippen molar-refractivity contribution in [3.8, 4) is 0 Å². The third kappa shape index (κ3) is 5.05. The third-order valence-electron chi connectivity index (χ3n) is 7.56. The number of nitrogens with zero attached hydrogens (tertiary/aromatic N) is 2. The van der Waals surface area contributed by atoms with Crippen molar-refractivity contribution in [1.29, 1.82) is 0 Å². The van der Waals surface area contributed by atoms with E-state index in [1.54, 1.807) is 22.8 Å². The number of carbonyl (C=O) groups is 3. The predicted molar refractivity (Wildman–Crippen MR) is 136 cm³/mol. The van der Waals surface area contributed by atoms with Crippen LogP contribution in [0.25, 0.3) is 0 Å². The standard InChI is InChI=1S/C26H41BrN2O6/c1-6-9-10-12-28(11-7-2)24(32)22-26-14-18(27)21(35-26)19(25(33)34-8-3)20(26)23(31)29(22)17(15-30)13-16(4)5/h7,16-22,30H,2,6,8-15H2,1,3-5H3/t17-,18?,19+,20-,21+,22+,26-/m1/s1. The highest BCUT2D eigenvalue weighted by Gasteiger charge is 2.77. The summed E-state index contributed by atoms with van der Waals surface area (Å²) in [7, 11) is 0. The van der Waals surface area contributed by atoms with Crippen molar-refractivity contribution in [3.05, 3.63) is 12.7 Å². The molecule has 0 saturated carbocycles. The first-order valence-electron chi connectivity index (χ1n) is 13.0. The number of halogens is 1. The minimum Gasteiger partial charge on any atom is -0.466 e. The fourth-order valence-electron chi connectivity index (χ4n) is 6.24. The molecule has 0 aromatic rings. The molecule has 198 valence electrons. The van der Waals surface area contributed by atoms with Gasteiger partial charge in [0.15, 0.2) is 0 Å². The number of hydrogen-bond donors (Lipinski definition) is 1. The molecule has 7 atom stereocenters. The Morgan fingerprint density at radius 2 is 2.09 bits per heavy atom. The van der Waals surface area contributed by atoms with Crippen molar-refractivity contribution in [1.82, 2.24) is 9.80 Å². The van der Waals surface area contributed by atoms with Crippen molar-refractivity contribution in [2.24, 2.45) is 17.8 Å². The highest BCUT2D eigenvalue weighted by molar-refractivity contribution is 9.09. The molecule has 1 N–H and O–H groups in total. The number of aliphatic hydroxyl groups excluding tert-OH is 1. The summed E-state index contributed by atoms with van der Waals surface area (Å²) in [4.78, 5) is 44.4. The lowest BCUT2D eigenvalue weighted by Gasteiger charge is -2.39. The number of aliphatic hydroxyl groups is 1. The van der Waals surface area contributed by atoms with Crippen LogP contribution in [-0.2, 0) is 23.9 Å². The molecule has 3 aliphatic heterocycles. The lowest BCUT2D eigenvalue weighted by molar-refractivity contribution is -0.156. The fraction of sp³-hybridized carbons (Fsp3) is 0.808. The van der Waals surface area contributed by atoms with E-state index in [-0.39, 0.29) is 35.8 Å². The van der Waals surface area contributed by atoms with Gasteiger partial charge in [-0.2, -0.15) is 0 Å². The molecule has 3 heterocycles. The van der Waals surface area contributed by atoms with E-state index in [0.717, 1.165) is 19.3 Å². The first kappa shape index (κ1) is 28.1. The summed E-state index contributed by atoms with van der Waals surface area (Å²) in [5.74, 6) is -2.36. The second-order valence-corrected chi connectivity index (χ2v) is 11.6. The largest absolute Gasteiger partial charge is 0.466 e. The number of hydrogen-bond acceptors (Lipinski definition) is 6. The van der Waals surface area contributed by atoms with Gasteiger partial charge in [0.05, 0.1) is 37.2 Å². The van der Waals surface area contributed by atoms with Crippen LogP contribution in [0.4, 0.5) is 0 Å². The Kier molecular flexibility index (Phi) is 9.43. The van der Waals surface area contributed by atoms with Crippen molar-refractivity contribution in [3.63, 3.8) is 0 Å². The number of esters is 1. The number of carbonyl (C=O) groups excluding carboxylic acids is 3. The van der Waals surface area contributed by atoms with Gasteiger partial charge in [0.2, 0.25) is 11.8 Å². The van der Waals surface area contributed by atoms with Gasteiger partial charge in [-0.15, -0.1) is 6.58 Å². The Morgan fingerprint density at radius 1 is 1.37 bits per heavy atom. The van der Waals surface area contributed by atoms with E-state index >= 15 is 0 Å². The molecular formula is C26H41BrN2O6. The van der Waals surface area contributed by atoms with Crippen molar-refractivity contribution in [2.75, 3.05) is 26.3 Å². The molecule has 2 amide bonds. The van der Waals surface area contributed by atoms with Crippen LogP contribution in [0.1, 0.15) is 59.8 Å². The molecule has 2 bridgehead atoms. The number of rotatable bonds is 13. The summed E-state index contributed by atoms with van der Waals surface area (Å²) in [5, 5.41) is 10.3. The highest BCUT2D eigenvalue weighted by atomic mass is 79.9. The maximum Gasteiger partial charge on any atom is 0.312 e. The monoisotopic (exact) mass is 556 g/mol. The van der Waals surface area contributed by atoms with Gasteiger partial charge < -0.3 is 24.4 Å². The molecule has 3 aliphatic rings. The Morgan fingerprint density at radius 3 is 2.66 bits per heavy atom. The number of unbranched alkanes of at least 4 members (excludes halogenated alkanes) is 2. The summed E-state index contributed by atoms with van der Waals surface area (Å²) in [5.41, 5.74) is -1.14. The summed E-state index contributed by atoms with van der Waals surface area (Å²) in [6.07, 6.45) is 4.99. The van der Waals surface area contributed by atoms with Gasteiger partial charge in [0.1, 0.15) is 11.6 Å². The SMILES string of the molecule is C=CCN(CCCCC)C(=O)[C@@H]1N([C@@H](CO)CC(C)C)C(=O)[C@H]2[C@H](C(=O)OCC)[C@H]3O[C@@]12CC3Br. The van der Waals surface area contributed by atoms with Gasteiger partial charge in [-0.25, -0.2) is 0 Å². The Labute approximate surface area is 217 Å². The van der Waals surface area contributed by atoms with Crippen LogP contribution in [0, 0.1) is 17.8 Å². The van der Waals surface area contributed by atoms with Crippen molar-refractivity contribution >= 4 is 33.7 Å². The van der Waals surface area contributed by atoms with Crippen LogP contribution in [0.2, 0.25) is 0 Å². The molecule has 3 saturated heterocycles. The van der Waals surface area contributed by atoms with Crippen molar-refractivity contribution < 1.29 is 29.0 Å². The zero-order chi connectivity index (χ0) is 25.9. The molecular weight excluding hydrogens is 516 g/mol. The van der Waals surface area contributed by atoms with Gasteiger partial charge >= 0.3 is 5.97 Å². The van der Waals surface area contributed by atoms with E-state index in [2.05, 4.69) is 29.4 Å². The summed E-state index contributed by atoms with van der Waals surface area (Å²) in [6.45, 7) is 12.6. The maximum atomic E-state index is 14.2. The maximum absolute atomic E-state index is 14.2. The molecule has 8 nitrogen and oxygen atoms in total. The normalized spacial score (nSPS) is 32.1. The van der Waals surface area contributed by atoms with Crippen LogP contribution >= 0.6 is 15.9 Å². The number of likely N-dealkylation sites (tertiary alicyclic amines) is 1. The van der Waals surface area contributed by atoms with E-state index < -0.39 is 41.6 Å². The molecule has 0 aromatic heterocycles. The number of amides is 2. The first-order chi connectivity index (χ1) is 16.7. The Hall–Kier alpha value is -1.45. The lowest BCUT2D eigenvalue weighted by atomic mass is 9.70. The van der Waals surface area contributed by atoms with Crippen LogP contribution < -0.4 is 0 Å². The van der Waals surface area contributed by atoms with Gasteiger partial charge in [0.25, 0.3) is 0 Å². The third-order valence-corrected chi connectivity index (χ3v) is 8.40. The van der Waals surface area contributed by atoms with E-state index in [0.29, 0.717) is 25.9 Å². The zero-order valence-corrected chi connectivity index (χ0v) is 23.0. The Bertz CT molecular complexity index is 807. The Balaban J connectivity index is 2.08. The average molecular weight is 558 g/mol. The first-order valence-corrected chi connectivity index (χ1v) is 13.9. The molecule has 1 unspecified atom stereocenters. The van der Waals surface area contributed by atoms with E-state index in [1.165, 1.54) is 0 Å². The smallest absolute Gasteiger partial charge is 0.312 e. The number of alkyl halides is 1. The lowest BCUT2D eigenvalue weighted by Crippen LogP contribution is -2.59. The quantitative estimate of drug-likeness (QED) is 0.162. The second kappa shape index (κ2) is 11.7. The number of ether oxygens (including phenoxy) is 2. The zero-order valence-electron chi connectivity index (χ0n) is 21.5. The molecule has 1 spiro atoms. The van der Waals surface area contributed by atoms with Gasteiger partial charge in [-0.3, -0.25) is 14.4 Å². The minimum atomic E-state index is -1.14. The molecule has 9 heteroatoms. The summed E-state index contributed by atoms with van der Waals surface area (Å²) < 4.78 is 11.8. The molecule has 0 radical (unpaired) electrons. The molecule has 35 heavy (non-hydrogen) atoms. The predicted octanol–water partition coefficient (Wildman–Crippen LogP) is 2.91. The molecule has 0 aliphatic carbocycles. The van der Waals surface area contributed by atoms with Gasteiger partial charge in [-0.05, 0) is 32.1 Å². The van der Waals surface area contributed by atoms with Crippen LogP contribution in [-0.4, -0.2) is 87.6 Å². The van der Waals surface area contributed by atoms with Crippen LogP contribution in [0.15, 0.2) is 12.7 Å². The van der Waals surface area contributed by atoms with Gasteiger partial charge in [-0.1, -0.05) is 55.6 Å². The van der Waals surface area contributed by atoms with Crippen molar-refractivity contribution in [2.45, 2.75) is 88.4 Å². The summed E-state index contributed by atoms with van der Waals surface area (Å²) in [6, 6.07) is -1.46. The highest BCUT2D eigenvalue weighted by Crippen LogP contribution is 2.60. The second-order valence-electron chi connectivity index (χ2n) is 10.4. The topological polar surface area (TPSA) is 96.4 Å². The molecule has 0 aromatic carbocycles. The number of fused-ring (bicyclic) bond motifs is 1. The molecule has 3 fully saturated rings. The average Bonchev–Trinajstić information content (AvgIpc) is 3.40. The van der Waals surface area contributed by atoms with E-state index in [9.17, 15) is 19.5 Å². The summed E-state index contributed by atoms with van der Waals surface area (Å²) >= 11 is 3.66. The minimum absolute atomic E-state index is 0.179. The van der Waals surface area contributed by atoms with E-state index in [4.69, 9.17) is 9.47 Å². The fourth-order valence-corrected chi connectivity index (χ4v) is 7.18. The van der Waals surface area contributed by atoms with Crippen LogP contribution in [0.3, 0.4) is 0 Å². The molecule has 3 rings (SSSR count). The van der Waals surface area contributed by atoms with Crippen LogP contribution in [0.5, 0.6) is 0 Å².